The molecule has 4 aromatic rings. The third-order valence-corrected chi connectivity index (χ3v) is 4.17. The van der Waals surface area contributed by atoms with Gasteiger partial charge in [0, 0.05) is 17.8 Å². The molecule has 128 valence electrons. The smallest absolute Gasteiger partial charge is 0.237 e. The fourth-order valence-corrected chi connectivity index (χ4v) is 2.84. The van der Waals surface area contributed by atoms with Crippen LogP contribution in [0.25, 0.3) is 22.6 Å². The minimum atomic E-state index is 0.486. The van der Waals surface area contributed by atoms with Gasteiger partial charge in [0.05, 0.1) is 17.9 Å². The Labute approximate surface area is 151 Å². The van der Waals surface area contributed by atoms with Crippen molar-refractivity contribution in [2.24, 2.45) is 0 Å². The molecule has 0 atom stereocenters. The van der Waals surface area contributed by atoms with E-state index >= 15 is 0 Å². The molecule has 2 aromatic carbocycles. The highest BCUT2D eigenvalue weighted by molar-refractivity contribution is 5.86. The zero-order chi connectivity index (χ0) is 17.8. The molecule has 0 radical (unpaired) electrons. The van der Waals surface area contributed by atoms with E-state index in [0.29, 0.717) is 5.88 Å². The van der Waals surface area contributed by atoms with Gasteiger partial charge in [-0.3, -0.25) is 10.1 Å². The number of hydrogen-bond donors (Lipinski definition) is 1. The maximum absolute atomic E-state index is 5.70. The van der Waals surface area contributed by atoms with Crippen LogP contribution in [0, 0.1) is 0 Å². The third kappa shape index (κ3) is 3.47. The van der Waals surface area contributed by atoms with Crippen molar-refractivity contribution >= 4 is 22.6 Å². The molecule has 0 aliphatic rings. The summed E-state index contributed by atoms with van der Waals surface area (Å²) < 4.78 is 5.70. The zero-order valence-corrected chi connectivity index (χ0v) is 14.4. The second-order valence-electron chi connectivity index (χ2n) is 5.91. The van der Waals surface area contributed by atoms with Gasteiger partial charge in [0.1, 0.15) is 5.75 Å². The van der Waals surface area contributed by atoms with Gasteiger partial charge in [-0.05, 0) is 47.4 Å². The van der Waals surface area contributed by atoms with Crippen molar-refractivity contribution in [3.63, 3.8) is 0 Å². The lowest BCUT2D eigenvalue weighted by Crippen LogP contribution is -1.89. The van der Waals surface area contributed by atoms with Crippen LogP contribution in [0.3, 0.4) is 0 Å². The maximum Gasteiger partial charge on any atom is 0.237 e. The molecule has 0 bridgehead atoms. The second kappa shape index (κ2) is 7.19. The van der Waals surface area contributed by atoms with Crippen LogP contribution in [0.15, 0.2) is 67.3 Å². The lowest BCUT2D eigenvalue weighted by atomic mass is 10.00. The van der Waals surface area contributed by atoms with Crippen LogP contribution >= 0.6 is 0 Å². The summed E-state index contributed by atoms with van der Waals surface area (Å²) in [6.45, 7) is 2.16. The van der Waals surface area contributed by atoms with E-state index in [1.54, 1.807) is 18.6 Å². The largest absolute Gasteiger partial charge is 0.438 e. The van der Waals surface area contributed by atoms with Crippen molar-refractivity contribution in [2.45, 2.75) is 13.3 Å². The number of fused-ring (bicyclic) bond motifs is 1. The summed E-state index contributed by atoms with van der Waals surface area (Å²) in [5.74, 6) is 1.23. The number of ether oxygens (including phenoxy) is 1. The molecule has 0 saturated carbocycles. The van der Waals surface area contributed by atoms with Gasteiger partial charge in [0.25, 0.3) is 0 Å². The van der Waals surface area contributed by atoms with Crippen LogP contribution in [0.5, 0.6) is 11.6 Å². The number of rotatable bonds is 5. The average Bonchev–Trinajstić information content (AvgIpc) is 3.15. The molecule has 0 aliphatic carbocycles. The lowest BCUT2D eigenvalue weighted by Gasteiger charge is -2.08. The van der Waals surface area contributed by atoms with E-state index < -0.39 is 0 Å². The van der Waals surface area contributed by atoms with E-state index in [9.17, 15) is 0 Å². The minimum Gasteiger partial charge on any atom is -0.438 e. The van der Waals surface area contributed by atoms with E-state index in [4.69, 9.17) is 4.74 Å². The van der Waals surface area contributed by atoms with Crippen LogP contribution < -0.4 is 4.74 Å². The maximum atomic E-state index is 5.70. The Hall–Kier alpha value is -3.47. The molecule has 0 amide bonds. The van der Waals surface area contributed by atoms with Crippen molar-refractivity contribution in [1.82, 2.24) is 20.2 Å². The summed E-state index contributed by atoms with van der Waals surface area (Å²) in [7, 11) is 0. The minimum absolute atomic E-state index is 0.486. The van der Waals surface area contributed by atoms with Gasteiger partial charge in [-0.15, -0.1) is 0 Å². The quantitative estimate of drug-likeness (QED) is 0.513. The van der Waals surface area contributed by atoms with Gasteiger partial charge < -0.3 is 4.74 Å². The van der Waals surface area contributed by atoms with Crippen molar-refractivity contribution in [2.75, 3.05) is 0 Å². The Morgan fingerprint density at radius 3 is 2.73 bits per heavy atom. The molecule has 2 heterocycles. The number of aromatic amines is 1. The van der Waals surface area contributed by atoms with E-state index in [1.165, 1.54) is 11.1 Å². The molecule has 0 saturated heterocycles. The van der Waals surface area contributed by atoms with Crippen LogP contribution in [-0.4, -0.2) is 20.2 Å². The molecule has 5 nitrogen and oxygen atoms in total. The Morgan fingerprint density at radius 1 is 1.08 bits per heavy atom. The van der Waals surface area contributed by atoms with E-state index in [0.717, 1.165) is 28.6 Å². The van der Waals surface area contributed by atoms with Crippen LogP contribution in [0.2, 0.25) is 0 Å². The summed E-state index contributed by atoms with van der Waals surface area (Å²) in [6.07, 6.45) is 9.82. The highest BCUT2D eigenvalue weighted by Gasteiger charge is 2.04. The molecule has 1 N–H and O–H groups in total. The molecule has 5 heteroatoms. The summed E-state index contributed by atoms with van der Waals surface area (Å²) in [6, 6.07) is 14.3. The predicted octanol–water partition coefficient (Wildman–Crippen LogP) is 5.10. The number of nitrogens with zero attached hydrogens (tertiary/aromatic N) is 3. The highest BCUT2D eigenvalue weighted by atomic mass is 16.5. The van der Waals surface area contributed by atoms with Crippen molar-refractivity contribution in [3.8, 4) is 11.6 Å². The molecule has 26 heavy (non-hydrogen) atoms. The van der Waals surface area contributed by atoms with E-state index in [-0.39, 0.29) is 0 Å². The fourth-order valence-electron chi connectivity index (χ4n) is 2.84. The molecular weight excluding hydrogens is 324 g/mol. The molecule has 4 rings (SSSR count). The summed E-state index contributed by atoms with van der Waals surface area (Å²) in [5.41, 5.74) is 4.64. The van der Waals surface area contributed by atoms with Gasteiger partial charge in [0.2, 0.25) is 5.88 Å². The number of nitrogens with one attached hydrogen (secondary N) is 1. The molecule has 0 fully saturated rings. The molecular formula is C21H18N4O. The normalized spacial score (nSPS) is 11.7. The number of aromatic nitrogens is 4. The predicted molar refractivity (Wildman–Crippen MR) is 103 cm³/mol. The first-order valence-electron chi connectivity index (χ1n) is 8.50. The average molecular weight is 342 g/mol. The first-order valence-corrected chi connectivity index (χ1v) is 8.50. The van der Waals surface area contributed by atoms with Gasteiger partial charge in [-0.1, -0.05) is 31.2 Å². The standard InChI is InChI=1S/C21H18N4O/c1-2-16(11-15-3-8-20-18(12-15)13-24-25-20)17-4-6-19(7-5-17)26-21-14-22-9-10-23-21/h3-14H,2H2,1H3,(H,24,25)/b16-11+. The number of hydrogen-bond acceptors (Lipinski definition) is 4. The lowest BCUT2D eigenvalue weighted by molar-refractivity contribution is 0.460. The van der Waals surface area contributed by atoms with Gasteiger partial charge >= 0.3 is 0 Å². The Morgan fingerprint density at radius 2 is 1.96 bits per heavy atom. The van der Waals surface area contributed by atoms with Gasteiger partial charge in [-0.2, -0.15) is 5.10 Å². The van der Waals surface area contributed by atoms with Crippen molar-refractivity contribution in [3.05, 3.63) is 78.4 Å². The second-order valence-corrected chi connectivity index (χ2v) is 5.91. The molecule has 0 spiro atoms. The van der Waals surface area contributed by atoms with E-state index in [2.05, 4.69) is 63.5 Å². The van der Waals surface area contributed by atoms with Gasteiger partial charge in [0.15, 0.2) is 0 Å². The van der Waals surface area contributed by atoms with Crippen LogP contribution in [0.4, 0.5) is 0 Å². The van der Waals surface area contributed by atoms with Crippen LogP contribution in [-0.2, 0) is 0 Å². The van der Waals surface area contributed by atoms with Gasteiger partial charge in [-0.25, -0.2) is 4.98 Å². The van der Waals surface area contributed by atoms with Crippen LogP contribution in [0.1, 0.15) is 24.5 Å². The molecule has 2 aromatic heterocycles. The third-order valence-electron chi connectivity index (χ3n) is 4.17. The summed E-state index contributed by atoms with van der Waals surface area (Å²) in [4.78, 5) is 8.12. The fraction of sp³-hybridized carbons (Fsp3) is 0.0952. The number of allylic oxidation sites excluding steroid dienone is 1. The molecule has 0 aliphatic heterocycles. The Bertz CT molecular complexity index is 1040. The Kier molecular flexibility index (Phi) is 4.43. The van der Waals surface area contributed by atoms with Crippen molar-refractivity contribution in [1.29, 1.82) is 0 Å². The van der Waals surface area contributed by atoms with E-state index in [1.807, 2.05) is 18.3 Å². The first-order chi connectivity index (χ1) is 12.8. The Balaban J connectivity index is 1.57. The summed E-state index contributed by atoms with van der Waals surface area (Å²) >= 11 is 0. The first kappa shape index (κ1) is 16.0. The number of benzene rings is 2. The highest BCUT2D eigenvalue weighted by Crippen LogP contribution is 2.26. The SMILES string of the molecule is CC/C(=C\c1ccc2[nH]ncc2c1)c1ccc(Oc2cnccn2)cc1. The number of H-pyrrole nitrogens is 1. The monoisotopic (exact) mass is 342 g/mol. The summed E-state index contributed by atoms with van der Waals surface area (Å²) in [5, 5.41) is 8.17. The topological polar surface area (TPSA) is 63.7 Å². The zero-order valence-electron chi connectivity index (χ0n) is 14.4. The molecule has 0 unspecified atom stereocenters. The van der Waals surface area contributed by atoms with Crippen molar-refractivity contribution < 1.29 is 4.74 Å².